The van der Waals surface area contributed by atoms with Crippen LogP contribution in [0.25, 0.3) is 0 Å². The second-order valence-electron chi connectivity index (χ2n) is 6.57. The van der Waals surface area contributed by atoms with Crippen LogP contribution in [0.4, 0.5) is 15.8 Å². The number of carbonyl (C=O) groups is 1. The van der Waals surface area contributed by atoms with Crippen molar-refractivity contribution in [3.8, 4) is 0 Å². The number of thiazole rings is 1. The summed E-state index contributed by atoms with van der Waals surface area (Å²) < 4.78 is 14.4. The van der Waals surface area contributed by atoms with Crippen LogP contribution in [-0.4, -0.2) is 24.0 Å². The maximum absolute atomic E-state index is 14.4. The van der Waals surface area contributed by atoms with Gasteiger partial charge in [-0.15, -0.1) is 11.3 Å². The molecule has 1 saturated heterocycles. The Morgan fingerprint density at radius 3 is 2.67 bits per heavy atom. The second-order valence-corrected chi connectivity index (χ2v) is 7.51. The van der Waals surface area contributed by atoms with Crippen LogP contribution in [0.1, 0.15) is 33.9 Å². The van der Waals surface area contributed by atoms with E-state index in [1.165, 1.54) is 17.4 Å². The molecule has 138 valence electrons. The van der Waals surface area contributed by atoms with E-state index in [4.69, 9.17) is 0 Å². The number of benzene rings is 2. The lowest BCUT2D eigenvalue weighted by molar-refractivity contribution is 0.102. The molecule has 3 aromatic rings. The minimum Gasteiger partial charge on any atom is -0.370 e. The highest BCUT2D eigenvalue weighted by Crippen LogP contribution is 2.31. The van der Waals surface area contributed by atoms with Crippen LogP contribution in [0.5, 0.6) is 0 Å². The highest BCUT2D eigenvalue weighted by molar-refractivity contribution is 7.09. The predicted molar refractivity (Wildman–Crippen MR) is 107 cm³/mol. The molecule has 4 rings (SSSR count). The average Bonchev–Trinajstić information content (AvgIpc) is 3.36. The van der Waals surface area contributed by atoms with Crippen molar-refractivity contribution in [2.24, 2.45) is 0 Å². The van der Waals surface area contributed by atoms with Gasteiger partial charge in [-0.05, 0) is 30.5 Å². The molecular weight excluding hydrogens is 361 g/mol. The highest BCUT2D eigenvalue weighted by atomic mass is 32.1. The van der Waals surface area contributed by atoms with Gasteiger partial charge in [0.15, 0.2) is 0 Å². The number of halogens is 1. The summed E-state index contributed by atoms with van der Waals surface area (Å²) in [4.78, 5) is 19.2. The van der Waals surface area contributed by atoms with Gasteiger partial charge in [-0.2, -0.15) is 0 Å². The van der Waals surface area contributed by atoms with Gasteiger partial charge in [-0.3, -0.25) is 4.79 Å². The third-order valence-corrected chi connectivity index (χ3v) is 5.51. The highest BCUT2D eigenvalue weighted by Gasteiger charge is 2.21. The van der Waals surface area contributed by atoms with Crippen molar-refractivity contribution < 1.29 is 9.18 Å². The van der Waals surface area contributed by atoms with E-state index in [0.717, 1.165) is 42.2 Å². The number of aromatic nitrogens is 1. The Balaban J connectivity index is 1.51. The molecule has 4 nitrogen and oxygen atoms in total. The van der Waals surface area contributed by atoms with Crippen LogP contribution in [0.2, 0.25) is 0 Å². The molecule has 1 aromatic heterocycles. The number of anilines is 2. The van der Waals surface area contributed by atoms with E-state index in [2.05, 4.69) is 15.2 Å². The number of carbonyl (C=O) groups excluding carboxylic acids is 1. The van der Waals surface area contributed by atoms with Gasteiger partial charge in [0.2, 0.25) is 0 Å². The molecule has 1 amide bonds. The molecule has 0 saturated carbocycles. The van der Waals surface area contributed by atoms with Gasteiger partial charge in [0.05, 0.1) is 10.7 Å². The Bertz CT molecular complexity index is 936. The molecule has 0 bridgehead atoms. The van der Waals surface area contributed by atoms with E-state index in [1.54, 1.807) is 11.4 Å². The summed E-state index contributed by atoms with van der Waals surface area (Å²) in [7, 11) is 0. The summed E-state index contributed by atoms with van der Waals surface area (Å²) in [5.41, 5.74) is 2.44. The maximum atomic E-state index is 14.4. The fourth-order valence-corrected chi connectivity index (χ4v) is 4.11. The van der Waals surface area contributed by atoms with E-state index in [0.29, 0.717) is 12.1 Å². The smallest absolute Gasteiger partial charge is 0.275 e. The number of hydrogen-bond acceptors (Lipinski definition) is 4. The summed E-state index contributed by atoms with van der Waals surface area (Å²) in [5, 5.41) is 5.32. The SMILES string of the molecule is O=C(Nc1c(F)cccc1N1CCCC1)c1csc(Cc2ccccc2)n1. The van der Waals surface area contributed by atoms with Crippen molar-refractivity contribution in [1.82, 2.24) is 4.98 Å². The zero-order chi connectivity index (χ0) is 18.6. The average molecular weight is 381 g/mol. The molecule has 1 aliphatic heterocycles. The standard InChI is InChI=1S/C21H20FN3OS/c22-16-9-6-10-18(25-11-4-5-12-25)20(16)24-21(26)17-14-27-19(23-17)13-15-7-2-1-3-8-15/h1-3,6-10,14H,4-5,11-13H2,(H,24,26). The topological polar surface area (TPSA) is 45.2 Å². The van der Waals surface area contributed by atoms with E-state index in [1.807, 2.05) is 36.4 Å². The van der Waals surface area contributed by atoms with Crippen LogP contribution >= 0.6 is 11.3 Å². The lowest BCUT2D eigenvalue weighted by Gasteiger charge is -2.21. The minimum absolute atomic E-state index is 0.238. The van der Waals surface area contributed by atoms with E-state index in [-0.39, 0.29) is 11.6 Å². The molecule has 2 heterocycles. The molecule has 0 spiro atoms. The summed E-state index contributed by atoms with van der Waals surface area (Å²) >= 11 is 1.44. The molecule has 1 fully saturated rings. The quantitative estimate of drug-likeness (QED) is 0.695. The number of rotatable bonds is 5. The van der Waals surface area contributed by atoms with Gasteiger partial charge < -0.3 is 10.2 Å². The maximum Gasteiger partial charge on any atom is 0.275 e. The summed E-state index contributed by atoms with van der Waals surface area (Å²) in [5.74, 6) is -0.802. The van der Waals surface area contributed by atoms with Gasteiger partial charge >= 0.3 is 0 Å². The molecule has 0 radical (unpaired) electrons. The lowest BCUT2D eigenvalue weighted by atomic mass is 10.2. The molecule has 1 aliphatic rings. The Morgan fingerprint density at radius 2 is 1.89 bits per heavy atom. The number of nitrogens with zero attached hydrogens (tertiary/aromatic N) is 2. The minimum atomic E-state index is -0.424. The van der Waals surface area contributed by atoms with Crippen LogP contribution in [0.3, 0.4) is 0 Å². The zero-order valence-electron chi connectivity index (χ0n) is 14.8. The van der Waals surface area contributed by atoms with Crippen LogP contribution < -0.4 is 10.2 Å². The lowest BCUT2D eigenvalue weighted by Crippen LogP contribution is -2.22. The third kappa shape index (κ3) is 4.01. The first-order valence-corrected chi connectivity index (χ1v) is 9.92. The summed E-state index contributed by atoms with van der Waals surface area (Å²) in [6.07, 6.45) is 2.84. The molecule has 2 aromatic carbocycles. The largest absolute Gasteiger partial charge is 0.370 e. The van der Waals surface area contributed by atoms with Crippen molar-refractivity contribution in [2.75, 3.05) is 23.3 Å². The van der Waals surface area contributed by atoms with E-state index in [9.17, 15) is 9.18 Å². The van der Waals surface area contributed by atoms with E-state index >= 15 is 0 Å². The number of para-hydroxylation sites is 1. The molecule has 6 heteroatoms. The fourth-order valence-electron chi connectivity index (χ4n) is 3.30. The van der Waals surface area contributed by atoms with Gasteiger partial charge in [-0.1, -0.05) is 36.4 Å². The summed E-state index contributed by atoms with van der Waals surface area (Å²) in [6.45, 7) is 1.76. The number of hydrogen-bond donors (Lipinski definition) is 1. The molecule has 1 N–H and O–H groups in total. The number of amides is 1. The molecule has 0 unspecified atom stereocenters. The Hall–Kier alpha value is -2.73. The van der Waals surface area contributed by atoms with Crippen molar-refractivity contribution in [1.29, 1.82) is 0 Å². The molecular formula is C21H20FN3OS. The van der Waals surface area contributed by atoms with Gasteiger partial charge in [0.25, 0.3) is 5.91 Å². The first-order valence-electron chi connectivity index (χ1n) is 9.04. The molecule has 0 aliphatic carbocycles. The molecule has 27 heavy (non-hydrogen) atoms. The van der Waals surface area contributed by atoms with Crippen molar-refractivity contribution in [3.05, 3.63) is 76.0 Å². The first kappa shape index (κ1) is 17.7. The van der Waals surface area contributed by atoms with Crippen LogP contribution in [0, 0.1) is 5.82 Å². The van der Waals surface area contributed by atoms with Gasteiger partial charge in [-0.25, -0.2) is 9.37 Å². The van der Waals surface area contributed by atoms with E-state index < -0.39 is 5.82 Å². The molecule has 0 atom stereocenters. The normalized spacial score (nSPS) is 13.7. The second kappa shape index (κ2) is 7.88. The van der Waals surface area contributed by atoms with Crippen molar-refractivity contribution >= 4 is 28.6 Å². The van der Waals surface area contributed by atoms with Crippen molar-refractivity contribution in [2.45, 2.75) is 19.3 Å². The van der Waals surface area contributed by atoms with Gasteiger partial charge in [0, 0.05) is 24.9 Å². The predicted octanol–water partition coefficient (Wildman–Crippen LogP) is 4.73. The van der Waals surface area contributed by atoms with Crippen molar-refractivity contribution in [3.63, 3.8) is 0 Å². The van der Waals surface area contributed by atoms with Gasteiger partial charge in [0.1, 0.15) is 17.2 Å². The summed E-state index contributed by atoms with van der Waals surface area (Å²) in [6, 6.07) is 14.9. The van der Waals surface area contributed by atoms with Crippen LogP contribution in [-0.2, 0) is 6.42 Å². The Kier molecular flexibility index (Phi) is 5.16. The number of nitrogens with one attached hydrogen (secondary N) is 1. The Labute approximate surface area is 161 Å². The zero-order valence-corrected chi connectivity index (χ0v) is 15.6. The monoisotopic (exact) mass is 381 g/mol. The first-order chi connectivity index (χ1) is 13.2. The third-order valence-electron chi connectivity index (χ3n) is 4.66. The Morgan fingerprint density at radius 1 is 1.11 bits per heavy atom. The fraction of sp³-hybridized carbons (Fsp3) is 0.238. The van der Waals surface area contributed by atoms with Crippen LogP contribution in [0.15, 0.2) is 53.9 Å².